The van der Waals surface area contributed by atoms with E-state index in [0.29, 0.717) is 11.4 Å². The summed E-state index contributed by atoms with van der Waals surface area (Å²) >= 11 is 0. The van der Waals surface area contributed by atoms with Gasteiger partial charge in [-0.05, 0) is 37.6 Å². The van der Waals surface area contributed by atoms with Crippen LogP contribution >= 0.6 is 0 Å². The van der Waals surface area contributed by atoms with Gasteiger partial charge in [0.05, 0.1) is 6.04 Å². The zero-order valence-electron chi connectivity index (χ0n) is 10.7. The molecule has 1 aromatic heterocycles. The van der Waals surface area contributed by atoms with Crippen LogP contribution in [0.1, 0.15) is 12.8 Å². The lowest BCUT2D eigenvalue weighted by molar-refractivity contribution is -0.117. The van der Waals surface area contributed by atoms with Crippen LogP contribution in [-0.2, 0) is 4.79 Å². The highest BCUT2D eigenvalue weighted by molar-refractivity contribution is 5.95. The minimum Gasteiger partial charge on any atom is -0.325 e. The highest BCUT2D eigenvalue weighted by atomic mass is 19.1. The third-order valence-electron chi connectivity index (χ3n) is 3.26. The number of anilines is 1. The molecule has 6 nitrogen and oxygen atoms in total. The maximum Gasteiger partial charge on any atom is 0.241 e. The molecule has 20 heavy (non-hydrogen) atoms. The molecule has 1 atom stereocenters. The average molecular weight is 275 g/mol. The van der Waals surface area contributed by atoms with Gasteiger partial charge in [0.25, 0.3) is 0 Å². The SMILES string of the molecule is O=C(Nc1ccc(-n2cncn2)c(F)c1)[C@@H]1CCCN1. The van der Waals surface area contributed by atoms with Gasteiger partial charge in [-0.2, -0.15) is 5.10 Å². The first-order valence-corrected chi connectivity index (χ1v) is 6.43. The summed E-state index contributed by atoms with van der Waals surface area (Å²) in [5, 5.41) is 9.68. The second-order valence-corrected chi connectivity index (χ2v) is 4.64. The number of halogens is 1. The van der Waals surface area contributed by atoms with Crippen molar-refractivity contribution in [3.8, 4) is 5.69 Å². The van der Waals surface area contributed by atoms with Gasteiger partial charge >= 0.3 is 0 Å². The molecule has 7 heteroatoms. The lowest BCUT2D eigenvalue weighted by Gasteiger charge is -2.12. The summed E-state index contributed by atoms with van der Waals surface area (Å²) in [7, 11) is 0. The molecule has 0 radical (unpaired) electrons. The maximum atomic E-state index is 14.0. The molecule has 1 aliphatic heterocycles. The molecule has 2 aromatic rings. The Morgan fingerprint density at radius 2 is 2.40 bits per heavy atom. The Balaban J connectivity index is 1.75. The highest BCUT2D eigenvalue weighted by Gasteiger charge is 2.22. The van der Waals surface area contributed by atoms with Crippen molar-refractivity contribution < 1.29 is 9.18 Å². The third kappa shape index (κ3) is 2.53. The van der Waals surface area contributed by atoms with E-state index in [2.05, 4.69) is 20.7 Å². The minimum atomic E-state index is -0.465. The second kappa shape index (κ2) is 5.38. The van der Waals surface area contributed by atoms with Gasteiger partial charge in [-0.1, -0.05) is 0 Å². The van der Waals surface area contributed by atoms with Crippen molar-refractivity contribution in [2.45, 2.75) is 18.9 Å². The van der Waals surface area contributed by atoms with Gasteiger partial charge in [-0.25, -0.2) is 14.1 Å². The Kier molecular flexibility index (Phi) is 3.42. The van der Waals surface area contributed by atoms with Crippen LogP contribution in [0, 0.1) is 5.82 Å². The fourth-order valence-corrected chi connectivity index (χ4v) is 2.24. The van der Waals surface area contributed by atoms with Crippen molar-refractivity contribution in [1.29, 1.82) is 0 Å². The molecule has 3 rings (SSSR count). The third-order valence-corrected chi connectivity index (χ3v) is 3.26. The largest absolute Gasteiger partial charge is 0.325 e. The van der Waals surface area contributed by atoms with E-state index in [1.807, 2.05) is 0 Å². The standard InChI is InChI=1S/C13H14FN5O/c14-10-6-9(18-13(20)11-2-1-5-16-11)3-4-12(10)19-8-15-7-17-19/h3-4,6-8,11,16H,1-2,5H2,(H,18,20)/t11-/m0/s1. The van der Waals surface area contributed by atoms with Crippen LogP contribution in [0.25, 0.3) is 5.69 Å². The molecular weight excluding hydrogens is 261 g/mol. The summed E-state index contributed by atoms with van der Waals surface area (Å²) in [6.07, 6.45) is 4.54. The summed E-state index contributed by atoms with van der Waals surface area (Å²) in [6, 6.07) is 4.30. The number of aromatic nitrogens is 3. The quantitative estimate of drug-likeness (QED) is 0.880. The van der Waals surface area contributed by atoms with E-state index in [1.54, 1.807) is 12.1 Å². The normalized spacial score (nSPS) is 18.1. The first kappa shape index (κ1) is 12.7. The molecule has 1 saturated heterocycles. The van der Waals surface area contributed by atoms with E-state index >= 15 is 0 Å². The van der Waals surface area contributed by atoms with Crippen LogP contribution in [-0.4, -0.2) is 33.3 Å². The summed E-state index contributed by atoms with van der Waals surface area (Å²) in [5.74, 6) is -0.594. The van der Waals surface area contributed by atoms with Gasteiger partial charge in [0, 0.05) is 5.69 Å². The van der Waals surface area contributed by atoms with Crippen molar-refractivity contribution in [1.82, 2.24) is 20.1 Å². The van der Waals surface area contributed by atoms with Gasteiger partial charge in [-0.15, -0.1) is 0 Å². The van der Waals surface area contributed by atoms with Crippen LogP contribution in [0.5, 0.6) is 0 Å². The maximum absolute atomic E-state index is 14.0. The van der Waals surface area contributed by atoms with Gasteiger partial charge in [0.1, 0.15) is 18.3 Å². The van der Waals surface area contributed by atoms with Gasteiger partial charge in [0.15, 0.2) is 5.82 Å². The summed E-state index contributed by atoms with van der Waals surface area (Å²) in [6.45, 7) is 0.845. The van der Waals surface area contributed by atoms with Gasteiger partial charge in [0.2, 0.25) is 5.91 Å². The first-order chi connectivity index (χ1) is 9.74. The van der Waals surface area contributed by atoms with Crippen LogP contribution in [0.2, 0.25) is 0 Å². The Morgan fingerprint density at radius 3 is 3.05 bits per heavy atom. The van der Waals surface area contributed by atoms with Gasteiger partial charge < -0.3 is 10.6 Å². The number of nitrogens with zero attached hydrogens (tertiary/aromatic N) is 3. The molecule has 0 saturated carbocycles. The lowest BCUT2D eigenvalue weighted by atomic mass is 10.2. The van der Waals surface area contributed by atoms with Crippen molar-refractivity contribution in [2.75, 3.05) is 11.9 Å². The first-order valence-electron chi connectivity index (χ1n) is 6.43. The molecular formula is C13H14FN5O. The van der Waals surface area contributed by atoms with Crippen LogP contribution in [0.3, 0.4) is 0 Å². The van der Waals surface area contributed by atoms with E-state index in [4.69, 9.17) is 0 Å². The predicted octanol–water partition coefficient (Wildman–Crippen LogP) is 1.10. The summed E-state index contributed by atoms with van der Waals surface area (Å²) in [5.41, 5.74) is 0.726. The number of amides is 1. The summed E-state index contributed by atoms with van der Waals surface area (Å²) < 4.78 is 15.3. The lowest BCUT2D eigenvalue weighted by Crippen LogP contribution is -2.35. The van der Waals surface area contributed by atoms with E-state index in [-0.39, 0.29) is 11.9 Å². The zero-order valence-corrected chi connectivity index (χ0v) is 10.7. The second-order valence-electron chi connectivity index (χ2n) is 4.64. The van der Waals surface area contributed by atoms with Crippen LogP contribution in [0.4, 0.5) is 10.1 Å². The molecule has 1 aliphatic rings. The van der Waals surface area contributed by atoms with Crippen molar-refractivity contribution >= 4 is 11.6 Å². The topological polar surface area (TPSA) is 71.8 Å². The van der Waals surface area contributed by atoms with Crippen LogP contribution in [0.15, 0.2) is 30.9 Å². The Bertz CT molecular complexity index is 607. The smallest absolute Gasteiger partial charge is 0.241 e. The number of rotatable bonds is 3. The molecule has 1 fully saturated rings. The highest BCUT2D eigenvalue weighted by Crippen LogP contribution is 2.18. The average Bonchev–Trinajstić information content (AvgIpc) is 3.12. The molecule has 0 aliphatic carbocycles. The Hall–Kier alpha value is -2.28. The Morgan fingerprint density at radius 1 is 1.50 bits per heavy atom. The van der Waals surface area contributed by atoms with Gasteiger partial charge in [-0.3, -0.25) is 4.79 Å². The van der Waals surface area contributed by atoms with E-state index < -0.39 is 5.82 Å². The monoisotopic (exact) mass is 275 g/mol. The zero-order chi connectivity index (χ0) is 13.9. The molecule has 0 spiro atoms. The summed E-state index contributed by atoms with van der Waals surface area (Å²) in [4.78, 5) is 15.7. The number of hydrogen-bond donors (Lipinski definition) is 2. The van der Waals surface area contributed by atoms with E-state index in [9.17, 15) is 9.18 Å². The molecule has 1 aromatic carbocycles. The van der Waals surface area contributed by atoms with E-state index in [1.165, 1.54) is 23.4 Å². The van der Waals surface area contributed by atoms with Crippen molar-refractivity contribution in [3.05, 3.63) is 36.7 Å². The number of nitrogens with one attached hydrogen (secondary N) is 2. The van der Waals surface area contributed by atoms with Crippen molar-refractivity contribution in [2.24, 2.45) is 0 Å². The Labute approximate surface area is 115 Å². The van der Waals surface area contributed by atoms with Crippen molar-refractivity contribution in [3.63, 3.8) is 0 Å². The molecule has 2 heterocycles. The number of benzene rings is 1. The molecule has 0 bridgehead atoms. The van der Waals surface area contributed by atoms with Crippen LogP contribution < -0.4 is 10.6 Å². The minimum absolute atomic E-state index is 0.129. The van der Waals surface area contributed by atoms with E-state index in [0.717, 1.165) is 19.4 Å². The fourth-order valence-electron chi connectivity index (χ4n) is 2.24. The molecule has 104 valence electrons. The molecule has 0 unspecified atom stereocenters. The molecule has 1 amide bonds. The molecule has 2 N–H and O–H groups in total. The predicted molar refractivity (Wildman–Crippen MR) is 71.0 cm³/mol. The fraction of sp³-hybridized carbons (Fsp3) is 0.308. The number of carbonyl (C=O) groups is 1. The number of carbonyl (C=O) groups excluding carboxylic acids is 1. The number of hydrogen-bond acceptors (Lipinski definition) is 4.